The van der Waals surface area contributed by atoms with E-state index >= 15 is 0 Å². The van der Waals surface area contributed by atoms with Crippen molar-refractivity contribution in [3.8, 4) is 22.8 Å². The van der Waals surface area contributed by atoms with Gasteiger partial charge in [-0.25, -0.2) is 9.78 Å². The number of hydrogen-bond acceptors (Lipinski definition) is 7. The van der Waals surface area contributed by atoms with Gasteiger partial charge in [-0.1, -0.05) is 30.3 Å². The number of methoxy groups -OCH3 is 2. The van der Waals surface area contributed by atoms with Crippen molar-refractivity contribution < 1.29 is 23.8 Å². The average molecular weight is 468 g/mol. The topological polar surface area (TPSA) is 90.0 Å². The molecule has 1 aliphatic heterocycles. The second kappa shape index (κ2) is 10.4. The zero-order valence-electron chi connectivity index (χ0n) is 18.4. The molecule has 2 aromatic carbocycles. The van der Waals surface area contributed by atoms with Crippen LogP contribution in [0.1, 0.15) is 18.4 Å². The molecule has 0 aliphatic carbocycles. The first-order valence-corrected chi connectivity index (χ1v) is 11.4. The van der Waals surface area contributed by atoms with Gasteiger partial charge in [0, 0.05) is 23.6 Å². The van der Waals surface area contributed by atoms with Crippen LogP contribution in [0.25, 0.3) is 11.3 Å². The number of thiazole rings is 1. The summed E-state index contributed by atoms with van der Waals surface area (Å²) >= 11 is 1.31. The first-order chi connectivity index (χ1) is 16.1. The van der Waals surface area contributed by atoms with Crippen LogP contribution in [-0.2, 0) is 16.1 Å². The van der Waals surface area contributed by atoms with Crippen molar-refractivity contribution in [3.63, 3.8) is 0 Å². The van der Waals surface area contributed by atoms with Gasteiger partial charge in [-0.3, -0.25) is 9.69 Å². The van der Waals surface area contributed by atoms with E-state index in [0.717, 1.165) is 17.5 Å². The van der Waals surface area contributed by atoms with E-state index in [2.05, 4.69) is 10.3 Å². The number of ether oxygens (including phenoxy) is 3. The van der Waals surface area contributed by atoms with Gasteiger partial charge in [0.05, 0.1) is 19.9 Å². The van der Waals surface area contributed by atoms with Gasteiger partial charge in [-0.2, -0.15) is 0 Å². The lowest BCUT2D eigenvalue weighted by molar-refractivity contribution is -0.120. The van der Waals surface area contributed by atoms with Crippen LogP contribution >= 0.6 is 11.3 Å². The molecule has 1 unspecified atom stereocenters. The van der Waals surface area contributed by atoms with Gasteiger partial charge in [0.2, 0.25) is 5.91 Å². The minimum Gasteiger partial charge on any atom is -0.497 e. The fraction of sp³-hybridized carbons (Fsp3) is 0.292. The summed E-state index contributed by atoms with van der Waals surface area (Å²) in [6, 6.07) is 14.3. The minimum atomic E-state index is -0.587. The van der Waals surface area contributed by atoms with Crippen molar-refractivity contribution in [3.05, 3.63) is 59.5 Å². The molecule has 2 heterocycles. The van der Waals surface area contributed by atoms with Crippen LogP contribution in [0.3, 0.4) is 0 Å². The fourth-order valence-corrected chi connectivity index (χ4v) is 4.43. The molecule has 8 nitrogen and oxygen atoms in total. The van der Waals surface area contributed by atoms with Crippen LogP contribution in [0.5, 0.6) is 11.5 Å². The van der Waals surface area contributed by atoms with Gasteiger partial charge in [0.15, 0.2) is 5.13 Å². The summed E-state index contributed by atoms with van der Waals surface area (Å²) < 4.78 is 16.1. The zero-order valence-corrected chi connectivity index (χ0v) is 19.3. The number of carbonyl (C=O) groups is 2. The molecule has 2 amide bonds. The van der Waals surface area contributed by atoms with E-state index in [0.29, 0.717) is 35.3 Å². The standard InChI is InChI=1S/C24H25N3O5S/c1-30-17-10-11-18(21(13-17)31-2)19-15-33-23(25-19)26-22(28)20-9-6-12-27(20)24(29)32-14-16-7-4-3-5-8-16/h3-5,7-8,10-11,13,15,20H,6,9,12,14H2,1-2H3,(H,25,26,28). The van der Waals surface area contributed by atoms with Gasteiger partial charge in [-0.05, 0) is 30.5 Å². The highest BCUT2D eigenvalue weighted by Crippen LogP contribution is 2.35. The predicted molar refractivity (Wildman–Crippen MR) is 126 cm³/mol. The van der Waals surface area contributed by atoms with Crippen molar-refractivity contribution in [2.75, 3.05) is 26.1 Å². The number of rotatable bonds is 7. The molecule has 1 aromatic heterocycles. The van der Waals surface area contributed by atoms with Gasteiger partial charge in [-0.15, -0.1) is 11.3 Å². The Labute approximate surface area is 196 Å². The molecular formula is C24H25N3O5S. The number of benzene rings is 2. The molecule has 3 aromatic rings. The van der Waals surface area contributed by atoms with E-state index in [1.165, 1.54) is 16.2 Å². The summed E-state index contributed by atoms with van der Waals surface area (Å²) in [5.41, 5.74) is 2.37. The summed E-state index contributed by atoms with van der Waals surface area (Å²) in [6.07, 6.45) is 0.834. The molecular weight excluding hydrogens is 442 g/mol. The molecule has 1 aliphatic rings. The highest BCUT2D eigenvalue weighted by atomic mass is 32.1. The largest absolute Gasteiger partial charge is 0.497 e. The van der Waals surface area contributed by atoms with Gasteiger partial charge in [0.25, 0.3) is 0 Å². The maximum atomic E-state index is 12.9. The third-order valence-corrected chi connectivity index (χ3v) is 6.17. The molecule has 1 saturated heterocycles. The normalized spacial score (nSPS) is 15.2. The summed E-state index contributed by atoms with van der Waals surface area (Å²) in [4.78, 5) is 31.5. The second-order valence-electron chi connectivity index (χ2n) is 7.48. The van der Waals surface area contributed by atoms with E-state index < -0.39 is 12.1 Å². The Bertz CT molecular complexity index is 1120. The number of anilines is 1. The van der Waals surface area contributed by atoms with Crippen molar-refractivity contribution in [2.45, 2.75) is 25.5 Å². The molecule has 4 rings (SSSR count). The number of likely N-dealkylation sites (tertiary alicyclic amines) is 1. The Hall–Kier alpha value is -3.59. The average Bonchev–Trinajstić information content (AvgIpc) is 3.53. The molecule has 0 radical (unpaired) electrons. The Morgan fingerprint density at radius 1 is 1.15 bits per heavy atom. The molecule has 9 heteroatoms. The summed E-state index contributed by atoms with van der Waals surface area (Å²) in [6.45, 7) is 0.655. The number of nitrogens with one attached hydrogen (secondary N) is 1. The molecule has 0 bridgehead atoms. The van der Waals surface area contributed by atoms with E-state index in [9.17, 15) is 9.59 Å². The molecule has 1 atom stereocenters. The third-order valence-electron chi connectivity index (χ3n) is 5.41. The fourth-order valence-electron chi connectivity index (χ4n) is 3.71. The van der Waals surface area contributed by atoms with Gasteiger partial charge >= 0.3 is 6.09 Å². The van der Waals surface area contributed by atoms with Gasteiger partial charge < -0.3 is 19.5 Å². The molecule has 0 spiro atoms. The molecule has 1 fully saturated rings. The van der Waals surface area contributed by atoms with Crippen molar-refractivity contribution in [1.82, 2.24) is 9.88 Å². The van der Waals surface area contributed by atoms with Crippen molar-refractivity contribution in [2.24, 2.45) is 0 Å². The Morgan fingerprint density at radius 3 is 2.73 bits per heavy atom. The number of carbonyl (C=O) groups excluding carboxylic acids is 2. The highest BCUT2D eigenvalue weighted by Gasteiger charge is 2.35. The van der Waals surface area contributed by atoms with Crippen LogP contribution < -0.4 is 14.8 Å². The number of nitrogens with zero attached hydrogens (tertiary/aromatic N) is 2. The van der Waals surface area contributed by atoms with E-state index in [1.54, 1.807) is 20.3 Å². The zero-order chi connectivity index (χ0) is 23.2. The summed E-state index contributed by atoms with van der Waals surface area (Å²) in [7, 11) is 3.17. The lowest BCUT2D eigenvalue weighted by atomic mass is 10.1. The number of hydrogen-bond donors (Lipinski definition) is 1. The van der Waals surface area contributed by atoms with Crippen molar-refractivity contribution >= 4 is 28.5 Å². The SMILES string of the molecule is COc1ccc(-c2csc(NC(=O)C3CCCN3C(=O)OCc3ccccc3)n2)c(OC)c1. The summed E-state index contributed by atoms with van der Waals surface area (Å²) in [5.74, 6) is 1.03. The van der Waals surface area contributed by atoms with Crippen LogP contribution in [0.4, 0.5) is 9.93 Å². The minimum absolute atomic E-state index is 0.171. The van der Waals surface area contributed by atoms with Gasteiger partial charge in [0.1, 0.15) is 24.1 Å². The van der Waals surface area contributed by atoms with Crippen LogP contribution in [0.2, 0.25) is 0 Å². The predicted octanol–water partition coefficient (Wildman–Crippen LogP) is 4.57. The first-order valence-electron chi connectivity index (χ1n) is 10.5. The monoisotopic (exact) mass is 467 g/mol. The smallest absolute Gasteiger partial charge is 0.410 e. The highest BCUT2D eigenvalue weighted by molar-refractivity contribution is 7.14. The quantitative estimate of drug-likeness (QED) is 0.548. The molecule has 0 saturated carbocycles. The third kappa shape index (κ3) is 5.25. The molecule has 33 heavy (non-hydrogen) atoms. The lowest BCUT2D eigenvalue weighted by Gasteiger charge is -2.22. The van der Waals surface area contributed by atoms with Crippen molar-refractivity contribution in [1.29, 1.82) is 0 Å². The van der Waals surface area contributed by atoms with E-state index in [1.807, 2.05) is 47.8 Å². The molecule has 1 N–H and O–H groups in total. The first kappa shape index (κ1) is 22.6. The van der Waals surface area contributed by atoms with E-state index in [-0.39, 0.29) is 12.5 Å². The number of amides is 2. The maximum absolute atomic E-state index is 12.9. The maximum Gasteiger partial charge on any atom is 0.410 e. The van der Waals surface area contributed by atoms with Crippen LogP contribution in [-0.4, -0.2) is 48.7 Å². The lowest BCUT2D eigenvalue weighted by Crippen LogP contribution is -2.43. The number of aromatic nitrogens is 1. The van der Waals surface area contributed by atoms with Crippen LogP contribution in [0.15, 0.2) is 53.9 Å². The molecule has 172 valence electrons. The second-order valence-corrected chi connectivity index (χ2v) is 8.34. The Kier molecular flexibility index (Phi) is 7.09. The van der Waals surface area contributed by atoms with Crippen LogP contribution in [0, 0.1) is 0 Å². The Balaban J connectivity index is 1.40. The summed E-state index contributed by atoms with van der Waals surface area (Å²) in [5, 5.41) is 5.15. The van der Waals surface area contributed by atoms with E-state index in [4.69, 9.17) is 14.2 Å². The Morgan fingerprint density at radius 2 is 1.97 bits per heavy atom.